The lowest BCUT2D eigenvalue weighted by atomic mass is 10.1. The second-order valence-electron chi connectivity index (χ2n) is 4.32. The molecule has 0 aliphatic carbocycles. The number of benzene rings is 1. The molecule has 0 saturated heterocycles. The van der Waals surface area contributed by atoms with Crippen LogP contribution in [0.15, 0.2) is 55.0 Å². The molecule has 0 atom stereocenters. The van der Waals surface area contributed by atoms with Gasteiger partial charge >= 0.3 is 0 Å². The Bertz CT molecular complexity index is 720. The average molecular weight is 263 g/mol. The predicted octanol–water partition coefficient (Wildman–Crippen LogP) is 2.37. The zero-order valence-electron chi connectivity index (χ0n) is 10.7. The van der Waals surface area contributed by atoms with Gasteiger partial charge in [-0.25, -0.2) is 9.97 Å². The van der Waals surface area contributed by atoms with Gasteiger partial charge in [-0.3, -0.25) is 4.98 Å². The molecular weight excluding hydrogens is 250 g/mol. The van der Waals surface area contributed by atoms with Gasteiger partial charge in [0.2, 0.25) is 0 Å². The Kier molecular flexibility index (Phi) is 3.01. The molecular formula is C15H13N5. The van der Waals surface area contributed by atoms with Crippen molar-refractivity contribution in [3.63, 3.8) is 0 Å². The van der Waals surface area contributed by atoms with Crippen molar-refractivity contribution in [1.82, 2.24) is 15.0 Å². The van der Waals surface area contributed by atoms with Gasteiger partial charge in [0.25, 0.3) is 0 Å². The van der Waals surface area contributed by atoms with Crippen LogP contribution >= 0.6 is 0 Å². The van der Waals surface area contributed by atoms with Crippen molar-refractivity contribution in [2.45, 2.75) is 0 Å². The summed E-state index contributed by atoms with van der Waals surface area (Å²) in [6.45, 7) is 0. The first kappa shape index (κ1) is 12.1. The molecule has 1 aromatic carbocycles. The third-order valence-corrected chi connectivity index (χ3v) is 2.97. The molecule has 0 aliphatic rings. The summed E-state index contributed by atoms with van der Waals surface area (Å²) in [5.41, 5.74) is 15.4. The van der Waals surface area contributed by atoms with E-state index in [1.54, 1.807) is 36.8 Å². The maximum Gasteiger partial charge on any atom is 0.163 e. The van der Waals surface area contributed by atoms with Crippen LogP contribution in [-0.2, 0) is 0 Å². The second-order valence-corrected chi connectivity index (χ2v) is 4.32. The van der Waals surface area contributed by atoms with Crippen LogP contribution in [-0.4, -0.2) is 15.0 Å². The van der Waals surface area contributed by atoms with Crippen molar-refractivity contribution >= 4 is 11.4 Å². The van der Waals surface area contributed by atoms with Gasteiger partial charge in [0.05, 0.1) is 11.3 Å². The van der Waals surface area contributed by atoms with E-state index in [2.05, 4.69) is 15.0 Å². The topological polar surface area (TPSA) is 90.7 Å². The monoisotopic (exact) mass is 263 g/mol. The number of hydrogen-bond donors (Lipinski definition) is 2. The van der Waals surface area contributed by atoms with Crippen LogP contribution in [0.4, 0.5) is 11.4 Å². The fourth-order valence-corrected chi connectivity index (χ4v) is 2.00. The van der Waals surface area contributed by atoms with Crippen LogP contribution in [0.1, 0.15) is 0 Å². The average Bonchev–Trinajstić information content (AvgIpc) is 2.48. The largest absolute Gasteiger partial charge is 0.398 e. The maximum absolute atomic E-state index is 5.97. The van der Waals surface area contributed by atoms with E-state index in [0.29, 0.717) is 22.8 Å². The molecule has 0 amide bonds. The molecule has 0 saturated carbocycles. The molecule has 0 radical (unpaired) electrons. The molecule has 5 nitrogen and oxygen atoms in total. The van der Waals surface area contributed by atoms with E-state index in [1.165, 1.54) is 0 Å². The minimum absolute atomic E-state index is 0.516. The highest BCUT2D eigenvalue weighted by atomic mass is 14.9. The summed E-state index contributed by atoms with van der Waals surface area (Å²) in [6.07, 6.45) is 5.17. The van der Waals surface area contributed by atoms with Crippen LogP contribution in [0, 0.1) is 0 Å². The molecule has 0 unspecified atom stereocenters. The Balaban J connectivity index is 2.13. The van der Waals surface area contributed by atoms with Gasteiger partial charge in [0.1, 0.15) is 0 Å². The van der Waals surface area contributed by atoms with Crippen molar-refractivity contribution < 1.29 is 0 Å². The van der Waals surface area contributed by atoms with Crippen LogP contribution in [0.3, 0.4) is 0 Å². The van der Waals surface area contributed by atoms with Gasteiger partial charge in [-0.2, -0.15) is 0 Å². The quantitative estimate of drug-likeness (QED) is 0.693. The number of nitrogens with two attached hydrogens (primary N) is 2. The maximum atomic E-state index is 5.97. The normalized spacial score (nSPS) is 10.4. The minimum Gasteiger partial charge on any atom is -0.398 e. The van der Waals surface area contributed by atoms with Crippen molar-refractivity contribution in [2.24, 2.45) is 0 Å². The van der Waals surface area contributed by atoms with E-state index in [1.807, 2.05) is 18.2 Å². The molecule has 0 aliphatic heterocycles. The molecule has 0 spiro atoms. The number of pyridine rings is 1. The van der Waals surface area contributed by atoms with Gasteiger partial charge in [-0.05, 0) is 30.3 Å². The Morgan fingerprint density at radius 2 is 1.65 bits per heavy atom. The van der Waals surface area contributed by atoms with Crippen LogP contribution in [0.5, 0.6) is 0 Å². The smallest absolute Gasteiger partial charge is 0.163 e. The lowest BCUT2D eigenvalue weighted by Gasteiger charge is -2.08. The molecule has 5 heteroatoms. The fourth-order valence-electron chi connectivity index (χ4n) is 2.00. The van der Waals surface area contributed by atoms with Crippen molar-refractivity contribution in [2.75, 3.05) is 11.5 Å². The van der Waals surface area contributed by atoms with Crippen molar-refractivity contribution in [1.29, 1.82) is 0 Å². The predicted molar refractivity (Wildman–Crippen MR) is 79.5 cm³/mol. The summed E-state index contributed by atoms with van der Waals surface area (Å²) in [4.78, 5) is 12.9. The van der Waals surface area contributed by atoms with E-state index < -0.39 is 0 Å². The van der Waals surface area contributed by atoms with Crippen molar-refractivity contribution in [3.8, 4) is 22.6 Å². The highest BCUT2D eigenvalue weighted by Crippen LogP contribution is 2.29. The minimum atomic E-state index is 0.516. The summed E-state index contributed by atoms with van der Waals surface area (Å²) < 4.78 is 0. The van der Waals surface area contributed by atoms with E-state index >= 15 is 0 Å². The Hall–Kier alpha value is -2.95. The van der Waals surface area contributed by atoms with Crippen LogP contribution < -0.4 is 11.5 Å². The number of aromatic nitrogens is 3. The molecule has 3 aromatic rings. The zero-order chi connectivity index (χ0) is 13.9. The molecule has 4 N–H and O–H groups in total. The summed E-state index contributed by atoms with van der Waals surface area (Å²) in [7, 11) is 0. The third-order valence-electron chi connectivity index (χ3n) is 2.97. The number of hydrogen-bond acceptors (Lipinski definition) is 5. The Morgan fingerprint density at radius 1 is 0.850 bits per heavy atom. The number of nitrogen functional groups attached to an aromatic ring is 2. The first-order valence-corrected chi connectivity index (χ1v) is 6.13. The van der Waals surface area contributed by atoms with Gasteiger partial charge in [-0.15, -0.1) is 0 Å². The summed E-state index contributed by atoms with van der Waals surface area (Å²) in [5, 5.41) is 0. The highest BCUT2D eigenvalue weighted by molar-refractivity contribution is 5.83. The summed E-state index contributed by atoms with van der Waals surface area (Å²) >= 11 is 0. The zero-order valence-corrected chi connectivity index (χ0v) is 10.7. The molecule has 2 aromatic heterocycles. The van der Waals surface area contributed by atoms with E-state index in [9.17, 15) is 0 Å². The van der Waals surface area contributed by atoms with E-state index in [-0.39, 0.29) is 0 Å². The molecule has 98 valence electrons. The lowest BCUT2D eigenvalue weighted by molar-refractivity contribution is 1.17. The first-order chi connectivity index (χ1) is 9.75. The molecule has 20 heavy (non-hydrogen) atoms. The second kappa shape index (κ2) is 4.97. The Morgan fingerprint density at radius 3 is 2.35 bits per heavy atom. The number of anilines is 2. The molecule has 2 heterocycles. The van der Waals surface area contributed by atoms with Gasteiger partial charge in [0.15, 0.2) is 5.82 Å². The summed E-state index contributed by atoms with van der Waals surface area (Å²) in [6, 6.07) is 11.0. The van der Waals surface area contributed by atoms with Crippen molar-refractivity contribution in [3.05, 3.63) is 55.0 Å². The van der Waals surface area contributed by atoms with Crippen LogP contribution in [0.2, 0.25) is 0 Å². The van der Waals surface area contributed by atoms with Gasteiger partial charge in [0, 0.05) is 35.5 Å². The number of rotatable bonds is 2. The lowest BCUT2D eigenvalue weighted by Crippen LogP contribution is -2.00. The molecule has 3 rings (SSSR count). The fraction of sp³-hybridized carbons (Fsp3) is 0. The Labute approximate surface area is 116 Å². The van der Waals surface area contributed by atoms with Gasteiger partial charge in [-0.1, -0.05) is 6.07 Å². The van der Waals surface area contributed by atoms with Gasteiger partial charge < -0.3 is 11.5 Å². The number of nitrogens with zero attached hydrogens (tertiary/aromatic N) is 3. The standard InChI is InChI=1S/C15H13N5/c16-11-4-1-5-12(17)14(11)15-19-8-6-13(20-15)10-3-2-7-18-9-10/h1-9H,16-17H2. The molecule has 0 bridgehead atoms. The highest BCUT2D eigenvalue weighted by Gasteiger charge is 2.10. The van der Waals surface area contributed by atoms with Crippen LogP contribution in [0.25, 0.3) is 22.6 Å². The van der Waals surface area contributed by atoms with E-state index in [4.69, 9.17) is 11.5 Å². The summed E-state index contributed by atoms with van der Waals surface area (Å²) in [5.74, 6) is 0.516. The molecule has 0 fully saturated rings. The SMILES string of the molecule is Nc1cccc(N)c1-c1nccc(-c2cccnc2)n1. The first-order valence-electron chi connectivity index (χ1n) is 6.13. The van der Waals surface area contributed by atoms with E-state index in [0.717, 1.165) is 11.3 Å². The third kappa shape index (κ3) is 2.16.